The zero-order valence-electron chi connectivity index (χ0n) is 12.6. The maximum absolute atomic E-state index is 12.2. The second-order valence-electron chi connectivity index (χ2n) is 5.81. The Morgan fingerprint density at radius 1 is 1.25 bits per heavy atom. The van der Waals surface area contributed by atoms with Crippen LogP contribution in [0.4, 0.5) is 13.2 Å². The molecule has 0 aromatic rings. The van der Waals surface area contributed by atoms with Crippen LogP contribution in [0, 0.1) is 5.92 Å². The van der Waals surface area contributed by atoms with Gasteiger partial charge in [-0.1, -0.05) is 6.92 Å². The Bertz CT molecular complexity index is 252. The molecule has 0 amide bonds. The first kappa shape index (κ1) is 17.8. The zero-order chi connectivity index (χ0) is 15.0. The number of alkyl halides is 3. The summed E-state index contributed by atoms with van der Waals surface area (Å²) >= 11 is 0. The minimum absolute atomic E-state index is 0.227. The van der Waals surface area contributed by atoms with E-state index in [1.807, 2.05) is 6.92 Å². The Morgan fingerprint density at radius 3 is 2.50 bits per heavy atom. The third kappa shape index (κ3) is 7.48. The van der Waals surface area contributed by atoms with E-state index in [9.17, 15) is 13.2 Å². The molecule has 0 heterocycles. The zero-order valence-corrected chi connectivity index (χ0v) is 12.6. The van der Waals surface area contributed by atoms with E-state index in [0.29, 0.717) is 18.4 Å². The van der Waals surface area contributed by atoms with Crippen molar-refractivity contribution in [2.45, 2.75) is 77.1 Å². The molecular weight excluding hydrogens is 267 g/mol. The van der Waals surface area contributed by atoms with Crippen LogP contribution in [0.3, 0.4) is 0 Å². The highest BCUT2D eigenvalue weighted by atomic mass is 19.4. The first-order chi connectivity index (χ1) is 9.44. The van der Waals surface area contributed by atoms with Gasteiger partial charge >= 0.3 is 6.18 Å². The molecule has 1 aliphatic rings. The highest BCUT2D eigenvalue weighted by molar-refractivity contribution is 4.84. The highest BCUT2D eigenvalue weighted by Crippen LogP contribution is 2.34. The molecular formula is C15H28F3NO. The van der Waals surface area contributed by atoms with Gasteiger partial charge in [0.05, 0.1) is 6.10 Å². The summed E-state index contributed by atoms with van der Waals surface area (Å²) in [6, 6.07) is 0.227. The van der Waals surface area contributed by atoms with Crippen LogP contribution in [0.15, 0.2) is 0 Å². The van der Waals surface area contributed by atoms with Gasteiger partial charge in [-0.15, -0.1) is 0 Å². The Kier molecular flexibility index (Phi) is 7.88. The molecule has 0 spiro atoms. The molecule has 120 valence electrons. The summed E-state index contributed by atoms with van der Waals surface area (Å²) in [4.78, 5) is 0. The highest BCUT2D eigenvalue weighted by Gasteiger charge is 2.32. The molecule has 0 radical (unpaired) electrons. The molecule has 0 aromatic carbocycles. The molecule has 1 saturated carbocycles. The van der Waals surface area contributed by atoms with Crippen molar-refractivity contribution >= 4 is 0 Å². The molecule has 0 saturated heterocycles. The standard InChI is InChI=1S/C15H28F3NO/c1-3-8-19-13(6-5-7-15(16,17)18)9-12-10-14(11-12)20-4-2/h12-14,19H,3-11H2,1-2H3. The molecule has 1 aliphatic carbocycles. The van der Waals surface area contributed by atoms with Gasteiger partial charge in [-0.2, -0.15) is 13.2 Å². The molecule has 2 nitrogen and oxygen atoms in total. The van der Waals surface area contributed by atoms with E-state index < -0.39 is 12.6 Å². The fourth-order valence-corrected chi connectivity index (χ4v) is 2.84. The summed E-state index contributed by atoms with van der Waals surface area (Å²) in [6.45, 7) is 5.71. The predicted molar refractivity (Wildman–Crippen MR) is 74.7 cm³/mol. The Morgan fingerprint density at radius 2 is 1.95 bits per heavy atom. The molecule has 1 N–H and O–H groups in total. The van der Waals surface area contributed by atoms with Crippen LogP contribution in [-0.2, 0) is 4.74 Å². The van der Waals surface area contributed by atoms with Gasteiger partial charge in [0.15, 0.2) is 0 Å². The Balaban J connectivity index is 2.22. The van der Waals surface area contributed by atoms with Crippen LogP contribution in [0.5, 0.6) is 0 Å². The average Bonchev–Trinajstić information content (AvgIpc) is 2.31. The summed E-state index contributed by atoms with van der Waals surface area (Å²) in [5.41, 5.74) is 0. The summed E-state index contributed by atoms with van der Waals surface area (Å²) in [7, 11) is 0. The van der Waals surface area contributed by atoms with E-state index in [0.717, 1.165) is 38.8 Å². The van der Waals surface area contributed by atoms with Gasteiger partial charge in [-0.3, -0.25) is 0 Å². The van der Waals surface area contributed by atoms with Crippen molar-refractivity contribution in [1.29, 1.82) is 0 Å². The van der Waals surface area contributed by atoms with Crippen molar-refractivity contribution in [2.75, 3.05) is 13.2 Å². The van der Waals surface area contributed by atoms with Crippen LogP contribution in [0.2, 0.25) is 0 Å². The van der Waals surface area contributed by atoms with Gasteiger partial charge in [0, 0.05) is 19.1 Å². The number of hydrogen-bond donors (Lipinski definition) is 1. The number of nitrogens with one attached hydrogen (secondary N) is 1. The number of halogens is 3. The largest absolute Gasteiger partial charge is 0.389 e. The minimum atomic E-state index is -4.02. The topological polar surface area (TPSA) is 21.3 Å². The quantitative estimate of drug-likeness (QED) is 0.649. The predicted octanol–water partition coefficient (Wildman–Crippen LogP) is 4.29. The Labute approximate surface area is 120 Å². The molecule has 0 aromatic heterocycles. The fourth-order valence-electron chi connectivity index (χ4n) is 2.84. The molecule has 1 rings (SSSR count). The maximum Gasteiger partial charge on any atom is 0.389 e. The molecule has 0 aliphatic heterocycles. The first-order valence-electron chi connectivity index (χ1n) is 7.86. The van der Waals surface area contributed by atoms with Gasteiger partial charge in [0.2, 0.25) is 0 Å². The van der Waals surface area contributed by atoms with Crippen LogP contribution in [-0.4, -0.2) is 31.5 Å². The third-order valence-electron chi connectivity index (χ3n) is 3.91. The van der Waals surface area contributed by atoms with Crippen molar-refractivity contribution in [2.24, 2.45) is 5.92 Å². The lowest BCUT2D eigenvalue weighted by Crippen LogP contribution is -2.38. The molecule has 1 unspecified atom stereocenters. The molecule has 0 bridgehead atoms. The molecule has 5 heteroatoms. The van der Waals surface area contributed by atoms with Crippen molar-refractivity contribution in [1.82, 2.24) is 5.32 Å². The second kappa shape index (κ2) is 8.88. The molecule has 1 atom stereocenters. The van der Waals surface area contributed by atoms with Crippen LogP contribution >= 0.6 is 0 Å². The maximum atomic E-state index is 12.2. The van der Waals surface area contributed by atoms with E-state index in [-0.39, 0.29) is 12.5 Å². The first-order valence-corrected chi connectivity index (χ1v) is 7.86. The van der Waals surface area contributed by atoms with Crippen molar-refractivity contribution in [3.8, 4) is 0 Å². The Hall–Kier alpha value is -0.290. The summed E-state index contributed by atoms with van der Waals surface area (Å²) < 4.78 is 42.1. The SMILES string of the molecule is CCCNC(CCCC(F)(F)F)CC1CC(OCC)C1. The monoisotopic (exact) mass is 295 g/mol. The van der Waals surface area contributed by atoms with Crippen LogP contribution < -0.4 is 5.32 Å². The summed E-state index contributed by atoms with van der Waals surface area (Å²) in [6.07, 6.45) is 0.683. The van der Waals surface area contributed by atoms with Crippen molar-refractivity contribution in [3.63, 3.8) is 0 Å². The number of hydrogen-bond acceptors (Lipinski definition) is 2. The van der Waals surface area contributed by atoms with E-state index in [1.54, 1.807) is 0 Å². The summed E-state index contributed by atoms with van der Waals surface area (Å²) in [5, 5.41) is 3.39. The van der Waals surface area contributed by atoms with Crippen molar-refractivity contribution in [3.05, 3.63) is 0 Å². The van der Waals surface area contributed by atoms with Crippen LogP contribution in [0.25, 0.3) is 0 Å². The lowest BCUT2D eigenvalue weighted by atomic mass is 9.77. The van der Waals surface area contributed by atoms with E-state index in [1.165, 1.54) is 0 Å². The van der Waals surface area contributed by atoms with Crippen LogP contribution in [0.1, 0.15) is 58.8 Å². The number of rotatable bonds is 10. The lowest BCUT2D eigenvalue weighted by Gasteiger charge is -2.37. The fraction of sp³-hybridized carbons (Fsp3) is 1.00. The van der Waals surface area contributed by atoms with E-state index in [2.05, 4.69) is 12.2 Å². The van der Waals surface area contributed by atoms with Gasteiger partial charge in [0.1, 0.15) is 0 Å². The van der Waals surface area contributed by atoms with Gasteiger partial charge in [-0.25, -0.2) is 0 Å². The molecule has 1 fully saturated rings. The van der Waals surface area contributed by atoms with Gasteiger partial charge < -0.3 is 10.1 Å². The minimum Gasteiger partial charge on any atom is -0.378 e. The van der Waals surface area contributed by atoms with Gasteiger partial charge in [0.25, 0.3) is 0 Å². The van der Waals surface area contributed by atoms with Gasteiger partial charge in [-0.05, 0) is 57.9 Å². The number of ether oxygens (including phenoxy) is 1. The third-order valence-corrected chi connectivity index (χ3v) is 3.91. The summed E-state index contributed by atoms with van der Waals surface area (Å²) in [5.74, 6) is 0.617. The van der Waals surface area contributed by atoms with E-state index >= 15 is 0 Å². The normalized spacial score (nSPS) is 24.4. The molecule has 20 heavy (non-hydrogen) atoms. The average molecular weight is 295 g/mol. The van der Waals surface area contributed by atoms with Crippen molar-refractivity contribution < 1.29 is 17.9 Å². The lowest BCUT2D eigenvalue weighted by molar-refractivity contribution is -0.135. The second-order valence-corrected chi connectivity index (χ2v) is 5.81. The smallest absolute Gasteiger partial charge is 0.378 e. The van der Waals surface area contributed by atoms with E-state index in [4.69, 9.17) is 4.74 Å².